The minimum atomic E-state index is -0.520. The normalized spacial score (nSPS) is 15.9. The zero-order chi connectivity index (χ0) is 22.5. The van der Waals surface area contributed by atoms with Crippen molar-refractivity contribution < 1.29 is 9.18 Å². The van der Waals surface area contributed by atoms with Gasteiger partial charge < -0.3 is 4.57 Å². The Morgan fingerprint density at radius 1 is 0.909 bits per heavy atom. The molecular weight excluding hydrogens is 411 g/mol. The molecule has 0 aliphatic heterocycles. The largest absolute Gasteiger partial charge is 0.313 e. The average Bonchev–Trinajstić information content (AvgIpc) is 3.60. The van der Waals surface area contributed by atoms with Crippen LogP contribution in [-0.4, -0.2) is 10.4 Å². The van der Waals surface area contributed by atoms with Gasteiger partial charge in [0.25, 0.3) is 5.78 Å². The second kappa shape index (κ2) is 7.71. The van der Waals surface area contributed by atoms with Gasteiger partial charge in [-0.3, -0.25) is 4.79 Å². The van der Waals surface area contributed by atoms with E-state index in [1.54, 1.807) is 18.2 Å². The Morgan fingerprint density at radius 2 is 1.64 bits per heavy atom. The molecule has 1 aromatic heterocycles. The number of nitriles is 1. The maximum Gasteiger partial charge on any atom is 0.262 e. The summed E-state index contributed by atoms with van der Waals surface area (Å²) in [6, 6.07) is 22.5. The van der Waals surface area contributed by atoms with Crippen LogP contribution in [0.3, 0.4) is 0 Å². The number of halogens is 1. The van der Waals surface area contributed by atoms with Crippen LogP contribution in [-0.2, 0) is 0 Å². The van der Waals surface area contributed by atoms with Crippen molar-refractivity contribution in [2.24, 2.45) is 0 Å². The molecule has 2 aliphatic rings. The van der Waals surface area contributed by atoms with Crippen molar-refractivity contribution in [2.45, 2.75) is 43.9 Å². The number of benzene rings is 3. The third kappa shape index (κ3) is 3.27. The molecule has 0 N–H and O–H groups in total. The zero-order valence-electron chi connectivity index (χ0n) is 18.2. The van der Waals surface area contributed by atoms with Crippen molar-refractivity contribution in [2.75, 3.05) is 0 Å². The quantitative estimate of drug-likeness (QED) is 0.245. The molecule has 0 unspecified atom stereocenters. The van der Waals surface area contributed by atoms with Crippen LogP contribution < -0.4 is 0 Å². The van der Waals surface area contributed by atoms with Gasteiger partial charge >= 0.3 is 0 Å². The van der Waals surface area contributed by atoms with Crippen molar-refractivity contribution in [3.8, 4) is 22.9 Å². The molecule has 2 saturated carbocycles. The molecule has 33 heavy (non-hydrogen) atoms. The first-order chi connectivity index (χ1) is 16.2. The van der Waals surface area contributed by atoms with Crippen LogP contribution in [0, 0.1) is 17.1 Å². The van der Waals surface area contributed by atoms with Crippen molar-refractivity contribution in [1.82, 2.24) is 4.57 Å². The maximum absolute atomic E-state index is 13.8. The van der Waals surface area contributed by atoms with Crippen LogP contribution >= 0.6 is 0 Å². The van der Waals surface area contributed by atoms with E-state index >= 15 is 0 Å². The number of nitrogens with zero attached hydrogens (tertiary/aromatic N) is 2. The summed E-state index contributed by atoms with van der Waals surface area (Å²) in [5.41, 5.74) is 7.47. The minimum absolute atomic E-state index is 0.239. The van der Waals surface area contributed by atoms with Crippen LogP contribution in [0.4, 0.5) is 4.39 Å². The van der Waals surface area contributed by atoms with Crippen LogP contribution in [0.2, 0.25) is 0 Å². The molecule has 2 aliphatic carbocycles. The molecule has 4 heteroatoms. The monoisotopic (exact) mass is 434 g/mol. The Labute approximate surface area is 192 Å². The summed E-state index contributed by atoms with van der Waals surface area (Å²) in [6.45, 7) is 0. The molecule has 162 valence electrons. The highest BCUT2D eigenvalue weighted by molar-refractivity contribution is 6.08. The van der Waals surface area contributed by atoms with E-state index in [-0.39, 0.29) is 5.82 Å². The molecule has 3 nitrogen and oxygen atoms in total. The van der Waals surface area contributed by atoms with Gasteiger partial charge in [-0.2, -0.15) is 5.26 Å². The lowest BCUT2D eigenvalue weighted by Crippen LogP contribution is -2.14. The van der Waals surface area contributed by atoms with E-state index in [9.17, 15) is 9.18 Å². The van der Waals surface area contributed by atoms with E-state index in [2.05, 4.69) is 22.8 Å². The lowest BCUT2D eigenvalue weighted by atomic mass is 9.79. The standard InChI is InChI=1S/C29H23FN2O/c30-22-13-15-23(16-14-22)32-25-6-2-5-24(18-7-8-18)28(25)27(29(32)21-3-1-4-21)20-11-9-19(10-12-20)26(33)17-31/h2,5-6,9-16,18,21H,1,3-4,7-8H2. The lowest BCUT2D eigenvalue weighted by molar-refractivity contribution is 0.105. The molecule has 0 bridgehead atoms. The molecule has 4 aromatic rings. The summed E-state index contributed by atoms with van der Waals surface area (Å²) in [7, 11) is 0. The Hall–Kier alpha value is -3.71. The number of carbonyl (C=O) groups excluding carboxylic acids is 1. The van der Waals surface area contributed by atoms with Crippen LogP contribution in [0.1, 0.15) is 65.6 Å². The third-order valence-corrected chi connectivity index (χ3v) is 7.19. The predicted molar refractivity (Wildman–Crippen MR) is 127 cm³/mol. The zero-order valence-corrected chi connectivity index (χ0v) is 18.2. The molecule has 0 atom stereocenters. The van der Waals surface area contributed by atoms with Gasteiger partial charge in [0.15, 0.2) is 0 Å². The van der Waals surface area contributed by atoms with Crippen LogP contribution in [0.25, 0.3) is 27.7 Å². The van der Waals surface area contributed by atoms with Gasteiger partial charge in [-0.25, -0.2) is 4.39 Å². The number of carbonyl (C=O) groups is 1. The van der Waals surface area contributed by atoms with Crippen molar-refractivity contribution in [3.05, 3.63) is 89.4 Å². The van der Waals surface area contributed by atoms with Gasteiger partial charge in [-0.05, 0) is 85.2 Å². The number of Topliss-reactive ketones (excluding diaryl/α,β-unsaturated/α-hetero) is 1. The fourth-order valence-electron chi connectivity index (χ4n) is 5.20. The molecule has 0 spiro atoms. The molecule has 0 amide bonds. The first-order valence-corrected chi connectivity index (χ1v) is 11.6. The molecule has 1 heterocycles. The van der Waals surface area contributed by atoms with E-state index in [0.717, 1.165) is 29.6 Å². The smallest absolute Gasteiger partial charge is 0.262 e. The average molecular weight is 435 g/mol. The Kier molecular flexibility index (Phi) is 4.66. The number of aromatic nitrogens is 1. The maximum atomic E-state index is 13.8. The van der Waals surface area contributed by atoms with E-state index in [0.29, 0.717) is 17.4 Å². The fourth-order valence-corrected chi connectivity index (χ4v) is 5.20. The Balaban J connectivity index is 1.67. The molecule has 0 saturated heterocycles. The van der Waals surface area contributed by atoms with Crippen molar-refractivity contribution >= 4 is 16.7 Å². The van der Waals surface area contributed by atoms with E-state index in [4.69, 9.17) is 5.26 Å². The van der Waals surface area contributed by atoms with E-state index in [1.165, 1.54) is 53.6 Å². The summed E-state index contributed by atoms with van der Waals surface area (Å²) in [6.07, 6.45) is 5.88. The number of rotatable bonds is 5. The van der Waals surface area contributed by atoms with Gasteiger partial charge in [-0.1, -0.05) is 30.7 Å². The predicted octanol–water partition coefficient (Wildman–Crippen LogP) is 7.29. The van der Waals surface area contributed by atoms with Gasteiger partial charge in [0.1, 0.15) is 11.9 Å². The van der Waals surface area contributed by atoms with Crippen molar-refractivity contribution in [3.63, 3.8) is 0 Å². The number of ketones is 1. The second-order valence-electron chi connectivity index (χ2n) is 9.23. The number of fused-ring (bicyclic) bond motifs is 1. The van der Waals surface area contributed by atoms with E-state index in [1.807, 2.05) is 24.3 Å². The Bertz CT molecular complexity index is 1420. The third-order valence-electron chi connectivity index (χ3n) is 7.19. The van der Waals surface area contributed by atoms with Gasteiger partial charge in [0, 0.05) is 33.8 Å². The first-order valence-electron chi connectivity index (χ1n) is 11.6. The topological polar surface area (TPSA) is 45.8 Å². The van der Waals surface area contributed by atoms with Gasteiger partial charge in [-0.15, -0.1) is 0 Å². The molecule has 2 fully saturated rings. The van der Waals surface area contributed by atoms with Crippen LogP contribution in [0.15, 0.2) is 66.7 Å². The van der Waals surface area contributed by atoms with Crippen LogP contribution in [0.5, 0.6) is 0 Å². The van der Waals surface area contributed by atoms with Gasteiger partial charge in [0.2, 0.25) is 0 Å². The highest BCUT2D eigenvalue weighted by atomic mass is 19.1. The van der Waals surface area contributed by atoms with Crippen molar-refractivity contribution in [1.29, 1.82) is 5.26 Å². The fraction of sp³-hybridized carbons (Fsp3) is 0.241. The summed E-state index contributed by atoms with van der Waals surface area (Å²) < 4.78 is 16.1. The summed E-state index contributed by atoms with van der Waals surface area (Å²) in [4.78, 5) is 11.9. The summed E-state index contributed by atoms with van der Waals surface area (Å²) in [5, 5.41) is 10.3. The SMILES string of the molecule is N#CC(=O)c1ccc(-c2c(C3CCC3)n(-c3ccc(F)cc3)c3cccc(C4CC4)c23)cc1. The molecule has 3 aromatic carbocycles. The highest BCUT2D eigenvalue weighted by Gasteiger charge is 2.33. The second-order valence-corrected chi connectivity index (χ2v) is 9.23. The highest BCUT2D eigenvalue weighted by Crippen LogP contribution is 2.51. The number of hydrogen-bond acceptors (Lipinski definition) is 2. The van der Waals surface area contributed by atoms with Gasteiger partial charge in [0.05, 0.1) is 5.52 Å². The summed E-state index contributed by atoms with van der Waals surface area (Å²) >= 11 is 0. The van der Waals surface area contributed by atoms with E-state index < -0.39 is 5.78 Å². The minimum Gasteiger partial charge on any atom is -0.313 e. The first kappa shape index (κ1) is 19.9. The molecule has 0 radical (unpaired) electrons. The Morgan fingerprint density at radius 3 is 2.24 bits per heavy atom. The molecular formula is C29H23FN2O. The number of hydrogen-bond donors (Lipinski definition) is 0. The lowest BCUT2D eigenvalue weighted by Gasteiger charge is -2.29. The molecule has 6 rings (SSSR count). The summed E-state index contributed by atoms with van der Waals surface area (Å²) in [5.74, 6) is 0.250.